The minimum Gasteiger partial charge on any atom is -0.461 e. The van der Waals surface area contributed by atoms with Gasteiger partial charge in [-0.2, -0.15) is 5.10 Å². The van der Waals surface area contributed by atoms with E-state index in [1.807, 2.05) is 64.7 Å². The molecule has 132 valence electrons. The summed E-state index contributed by atoms with van der Waals surface area (Å²) in [6.45, 7) is 2.35. The van der Waals surface area contributed by atoms with Crippen LogP contribution in [0.3, 0.4) is 0 Å². The van der Waals surface area contributed by atoms with Crippen molar-refractivity contribution in [3.63, 3.8) is 0 Å². The number of ether oxygens (including phenoxy) is 1. The molecule has 1 amide bonds. The van der Waals surface area contributed by atoms with Crippen molar-refractivity contribution in [2.24, 2.45) is 7.05 Å². The van der Waals surface area contributed by atoms with Gasteiger partial charge in [0.1, 0.15) is 11.5 Å². The van der Waals surface area contributed by atoms with E-state index in [2.05, 4.69) is 15.3 Å². The molecular formula is C19H24N4O2. The van der Waals surface area contributed by atoms with Gasteiger partial charge in [-0.15, -0.1) is 0 Å². The van der Waals surface area contributed by atoms with Crippen LogP contribution in [0.25, 0.3) is 0 Å². The van der Waals surface area contributed by atoms with Crippen LogP contribution in [-0.2, 0) is 18.3 Å². The lowest BCUT2D eigenvalue weighted by molar-refractivity contribution is -0.118. The molecule has 0 radical (unpaired) electrons. The van der Waals surface area contributed by atoms with Gasteiger partial charge in [0.15, 0.2) is 0 Å². The first-order chi connectivity index (χ1) is 12.0. The maximum atomic E-state index is 12.7. The second kappa shape index (κ2) is 7.11. The highest BCUT2D eigenvalue weighted by Gasteiger charge is 2.23. The summed E-state index contributed by atoms with van der Waals surface area (Å²) in [5.41, 5.74) is 2.79. The molecule has 0 saturated heterocycles. The number of fused-ring (bicyclic) bond motifs is 1. The number of nitrogens with zero attached hydrogens (tertiary/aromatic N) is 3. The van der Waals surface area contributed by atoms with Crippen molar-refractivity contribution >= 4 is 5.91 Å². The number of rotatable bonds is 5. The first-order valence-electron chi connectivity index (χ1n) is 8.34. The Kier molecular flexibility index (Phi) is 4.90. The minimum absolute atomic E-state index is 0.0651. The molecule has 3 rings (SSSR count). The fourth-order valence-electron chi connectivity index (χ4n) is 3.04. The van der Waals surface area contributed by atoms with Crippen LogP contribution in [0, 0.1) is 0 Å². The van der Waals surface area contributed by atoms with Crippen LogP contribution in [0.2, 0.25) is 0 Å². The first-order valence-corrected chi connectivity index (χ1v) is 8.34. The second-order valence-corrected chi connectivity index (χ2v) is 6.56. The van der Waals surface area contributed by atoms with E-state index in [4.69, 9.17) is 4.74 Å². The number of allylic oxidation sites excluding steroid dienone is 1. The number of likely N-dealkylation sites (N-methyl/N-ethyl adjacent to an activating group) is 1. The Bertz CT molecular complexity index is 807. The third-order valence-corrected chi connectivity index (χ3v) is 4.49. The summed E-state index contributed by atoms with van der Waals surface area (Å²) >= 11 is 0. The first kappa shape index (κ1) is 17.2. The zero-order valence-corrected chi connectivity index (χ0v) is 15.1. The average Bonchev–Trinajstić information content (AvgIpc) is 3.00. The van der Waals surface area contributed by atoms with Gasteiger partial charge in [-0.1, -0.05) is 18.2 Å². The normalized spacial score (nSPS) is 14.9. The molecule has 1 aliphatic rings. The second-order valence-electron chi connectivity index (χ2n) is 6.56. The Morgan fingerprint density at radius 3 is 2.84 bits per heavy atom. The van der Waals surface area contributed by atoms with Crippen molar-refractivity contribution in [2.45, 2.75) is 19.4 Å². The molecule has 25 heavy (non-hydrogen) atoms. The van der Waals surface area contributed by atoms with Crippen LogP contribution in [-0.4, -0.2) is 41.2 Å². The number of para-hydroxylation sites is 1. The molecule has 0 saturated carbocycles. The third-order valence-electron chi connectivity index (χ3n) is 4.49. The van der Waals surface area contributed by atoms with Gasteiger partial charge in [-0.05, 0) is 32.6 Å². The molecule has 6 nitrogen and oxygen atoms in total. The third kappa shape index (κ3) is 3.74. The van der Waals surface area contributed by atoms with E-state index in [1.54, 1.807) is 4.68 Å². The van der Waals surface area contributed by atoms with Crippen LogP contribution >= 0.6 is 0 Å². The largest absolute Gasteiger partial charge is 0.461 e. The molecule has 1 N–H and O–H groups in total. The zero-order valence-electron chi connectivity index (χ0n) is 15.1. The number of carbonyl (C=O) groups is 1. The standard InChI is InChI=1S/C19H24N4O2/c1-13-16(9-14-7-5-6-8-18(14)25-13)19(24)20-11-17(22(2)3)15-10-21-23(4)12-15/h5-8,10,12,17H,9,11H2,1-4H3,(H,20,24)/t17-/m0/s1. The number of aromatic nitrogens is 2. The molecule has 1 atom stereocenters. The van der Waals surface area contributed by atoms with Crippen molar-refractivity contribution < 1.29 is 9.53 Å². The highest BCUT2D eigenvalue weighted by molar-refractivity contribution is 5.94. The Morgan fingerprint density at radius 2 is 2.16 bits per heavy atom. The summed E-state index contributed by atoms with van der Waals surface area (Å²) in [7, 11) is 5.88. The van der Waals surface area contributed by atoms with Crippen LogP contribution in [0.4, 0.5) is 0 Å². The fourth-order valence-corrected chi connectivity index (χ4v) is 3.04. The summed E-state index contributed by atoms with van der Waals surface area (Å²) in [5.74, 6) is 1.42. The summed E-state index contributed by atoms with van der Waals surface area (Å²) in [5, 5.41) is 7.27. The molecule has 2 heterocycles. The van der Waals surface area contributed by atoms with Crippen molar-refractivity contribution in [2.75, 3.05) is 20.6 Å². The predicted molar refractivity (Wildman–Crippen MR) is 96.1 cm³/mol. The Labute approximate surface area is 148 Å². The Hall–Kier alpha value is -2.60. The van der Waals surface area contributed by atoms with Gasteiger partial charge in [-0.25, -0.2) is 0 Å². The number of nitrogens with one attached hydrogen (secondary N) is 1. The van der Waals surface area contributed by atoms with Gasteiger partial charge in [-0.3, -0.25) is 9.48 Å². The van der Waals surface area contributed by atoms with E-state index >= 15 is 0 Å². The van der Waals surface area contributed by atoms with Crippen molar-refractivity contribution in [3.8, 4) is 5.75 Å². The molecule has 6 heteroatoms. The van der Waals surface area contributed by atoms with Crippen molar-refractivity contribution in [1.82, 2.24) is 20.0 Å². The number of aryl methyl sites for hydroxylation is 1. The van der Waals surface area contributed by atoms with Gasteiger partial charge in [0, 0.05) is 31.8 Å². The molecule has 1 aliphatic heterocycles. The molecule has 0 bridgehead atoms. The summed E-state index contributed by atoms with van der Waals surface area (Å²) in [6.07, 6.45) is 4.40. The van der Waals surface area contributed by atoms with E-state index < -0.39 is 0 Å². The van der Waals surface area contributed by atoms with Gasteiger partial charge in [0.2, 0.25) is 0 Å². The smallest absolute Gasteiger partial charge is 0.251 e. The van der Waals surface area contributed by atoms with E-state index in [9.17, 15) is 4.79 Å². The fraction of sp³-hybridized carbons (Fsp3) is 0.368. The number of amides is 1. The van der Waals surface area contributed by atoms with E-state index in [-0.39, 0.29) is 11.9 Å². The SMILES string of the molecule is CC1=C(C(=O)NC[C@@H](c2cnn(C)c2)N(C)C)Cc2ccccc2O1. The monoisotopic (exact) mass is 340 g/mol. The van der Waals surface area contributed by atoms with Crippen LogP contribution in [0.5, 0.6) is 5.75 Å². The zero-order chi connectivity index (χ0) is 18.0. The van der Waals surface area contributed by atoms with Crippen LogP contribution < -0.4 is 10.1 Å². The lowest BCUT2D eigenvalue weighted by Crippen LogP contribution is -2.36. The lowest BCUT2D eigenvalue weighted by Gasteiger charge is -2.25. The summed E-state index contributed by atoms with van der Waals surface area (Å²) in [6, 6.07) is 7.89. The average molecular weight is 340 g/mol. The molecule has 1 aromatic heterocycles. The molecule has 1 aromatic carbocycles. The Balaban J connectivity index is 1.69. The van der Waals surface area contributed by atoms with Crippen molar-refractivity contribution in [1.29, 1.82) is 0 Å². The molecule has 0 aliphatic carbocycles. The highest BCUT2D eigenvalue weighted by atomic mass is 16.5. The van der Waals surface area contributed by atoms with E-state index in [0.717, 1.165) is 16.9 Å². The predicted octanol–water partition coefficient (Wildman–Crippen LogP) is 2.05. The quantitative estimate of drug-likeness (QED) is 0.905. The maximum Gasteiger partial charge on any atom is 0.251 e. The topological polar surface area (TPSA) is 59.4 Å². The summed E-state index contributed by atoms with van der Waals surface area (Å²) in [4.78, 5) is 14.8. The van der Waals surface area contributed by atoms with Crippen LogP contribution in [0.1, 0.15) is 24.1 Å². The van der Waals surface area contributed by atoms with Crippen LogP contribution in [0.15, 0.2) is 48.0 Å². The van der Waals surface area contributed by atoms with Crippen molar-refractivity contribution in [3.05, 3.63) is 59.1 Å². The maximum absolute atomic E-state index is 12.7. The van der Waals surface area contributed by atoms with E-state index in [1.165, 1.54) is 0 Å². The summed E-state index contributed by atoms with van der Waals surface area (Å²) < 4.78 is 7.57. The van der Waals surface area contributed by atoms with Gasteiger partial charge in [0.25, 0.3) is 5.91 Å². The number of hydrogen-bond donors (Lipinski definition) is 1. The minimum atomic E-state index is -0.0808. The van der Waals surface area contributed by atoms with Gasteiger partial charge < -0.3 is 15.0 Å². The number of carbonyl (C=O) groups excluding carboxylic acids is 1. The molecular weight excluding hydrogens is 316 g/mol. The van der Waals surface area contributed by atoms with Gasteiger partial charge in [0.05, 0.1) is 17.8 Å². The molecule has 0 unspecified atom stereocenters. The van der Waals surface area contributed by atoms with Gasteiger partial charge >= 0.3 is 0 Å². The van der Waals surface area contributed by atoms with E-state index in [0.29, 0.717) is 24.3 Å². The Morgan fingerprint density at radius 1 is 1.40 bits per heavy atom. The lowest BCUT2D eigenvalue weighted by atomic mass is 10.00. The highest BCUT2D eigenvalue weighted by Crippen LogP contribution is 2.29. The molecule has 0 fully saturated rings. The molecule has 0 spiro atoms. The molecule has 2 aromatic rings. The number of hydrogen-bond acceptors (Lipinski definition) is 4. The number of benzene rings is 1.